The maximum absolute atomic E-state index is 14.0. The van der Waals surface area contributed by atoms with E-state index < -0.39 is 5.82 Å². The molecule has 1 fully saturated rings. The van der Waals surface area contributed by atoms with Crippen molar-refractivity contribution in [2.24, 2.45) is 0 Å². The molecular weight excluding hydrogens is 309 g/mol. The normalized spacial score (nSPS) is 17.2. The quantitative estimate of drug-likeness (QED) is 0.922. The lowest BCUT2D eigenvalue weighted by atomic mass is 10.2. The summed E-state index contributed by atoms with van der Waals surface area (Å²) in [5.74, 6) is -0.396. The van der Waals surface area contributed by atoms with Crippen LogP contribution in [0.2, 0.25) is 0 Å². The summed E-state index contributed by atoms with van der Waals surface area (Å²) in [6.45, 7) is 5.22. The van der Waals surface area contributed by atoms with Crippen molar-refractivity contribution in [2.75, 3.05) is 25.0 Å². The lowest BCUT2D eigenvalue weighted by molar-refractivity contribution is 0.327. The van der Waals surface area contributed by atoms with Gasteiger partial charge in [-0.05, 0) is 60.9 Å². The van der Waals surface area contributed by atoms with E-state index in [1.807, 2.05) is 13.0 Å². The van der Waals surface area contributed by atoms with Gasteiger partial charge in [0, 0.05) is 12.6 Å². The first-order valence-electron chi connectivity index (χ1n) is 6.49. The van der Waals surface area contributed by atoms with E-state index in [9.17, 15) is 4.39 Å². The number of rotatable bonds is 4. The molecule has 19 heavy (non-hydrogen) atoms. The molecule has 1 heterocycles. The van der Waals surface area contributed by atoms with Crippen LogP contribution in [0, 0.1) is 17.1 Å². The Bertz CT molecular complexity index is 492. The zero-order valence-electron chi connectivity index (χ0n) is 10.9. The van der Waals surface area contributed by atoms with Crippen molar-refractivity contribution in [3.63, 3.8) is 0 Å². The number of nitrogens with zero attached hydrogens (tertiary/aromatic N) is 2. The Hall–Kier alpha value is -1.12. The van der Waals surface area contributed by atoms with Gasteiger partial charge < -0.3 is 10.2 Å². The number of nitriles is 1. The molecule has 102 valence electrons. The summed E-state index contributed by atoms with van der Waals surface area (Å²) < 4.78 is 14.3. The number of likely N-dealkylation sites (tertiary alicyclic amines) is 1. The topological polar surface area (TPSA) is 39.1 Å². The summed E-state index contributed by atoms with van der Waals surface area (Å²) in [4.78, 5) is 2.38. The van der Waals surface area contributed by atoms with Gasteiger partial charge in [0.25, 0.3) is 0 Å². The fraction of sp³-hybridized carbons (Fsp3) is 0.500. The Balaban J connectivity index is 2.02. The van der Waals surface area contributed by atoms with E-state index in [1.165, 1.54) is 12.8 Å². The zero-order chi connectivity index (χ0) is 13.8. The second kappa shape index (κ2) is 6.36. The van der Waals surface area contributed by atoms with Gasteiger partial charge in [0.2, 0.25) is 0 Å². The highest BCUT2D eigenvalue weighted by Crippen LogP contribution is 2.27. The fourth-order valence-electron chi connectivity index (χ4n) is 2.41. The van der Waals surface area contributed by atoms with Gasteiger partial charge in [-0.25, -0.2) is 4.39 Å². The molecule has 1 aliphatic rings. The molecule has 1 aliphatic heterocycles. The van der Waals surface area contributed by atoms with Crippen LogP contribution in [0.15, 0.2) is 16.6 Å². The van der Waals surface area contributed by atoms with Gasteiger partial charge in [-0.1, -0.05) is 0 Å². The van der Waals surface area contributed by atoms with Crippen molar-refractivity contribution in [1.82, 2.24) is 4.90 Å². The maximum atomic E-state index is 14.0. The van der Waals surface area contributed by atoms with Crippen LogP contribution in [0.1, 0.15) is 25.3 Å². The molecule has 0 amide bonds. The molecule has 0 aliphatic carbocycles. The van der Waals surface area contributed by atoms with Gasteiger partial charge in [-0.15, -0.1) is 0 Å². The van der Waals surface area contributed by atoms with Crippen molar-refractivity contribution in [1.29, 1.82) is 5.26 Å². The van der Waals surface area contributed by atoms with E-state index >= 15 is 0 Å². The molecule has 1 saturated heterocycles. The summed E-state index contributed by atoms with van der Waals surface area (Å²) >= 11 is 3.12. The third kappa shape index (κ3) is 3.46. The summed E-state index contributed by atoms with van der Waals surface area (Å²) in [6.07, 6.45) is 2.51. The molecule has 2 rings (SSSR count). The third-order valence-corrected chi connectivity index (χ3v) is 4.11. The van der Waals surface area contributed by atoms with Crippen LogP contribution in [0.25, 0.3) is 0 Å². The Morgan fingerprint density at radius 1 is 1.47 bits per heavy atom. The van der Waals surface area contributed by atoms with Crippen molar-refractivity contribution in [3.05, 3.63) is 28.0 Å². The number of nitrogens with one attached hydrogen (secondary N) is 1. The molecule has 0 spiro atoms. The molecule has 1 aromatic carbocycles. The van der Waals surface area contributed by atoms with Crippen LogP contribution in [0.4, 0.5) is 10.1 Å². The van der Waals surface area contributed by atoms with Crippen molar-refractivity contribution in [3.8, 4) is 6.07 Å². The van der Waals surface area contributed by atoms with E-state index in [4.69, 9.17) is 5.26 Å². The molecule has 1 N–H and O–H groups in total. The number of hydrogen-bond donors (Lipinski definition) is 1. The Kier molecular flexibility index (Phi) is 4.78. The summed E-state index contributed by atoms with van der Waals surface area (Å²) in [5.41, 5.74) is 0.757. The van der Waals surface area contributed by atoms with Gasteiger partial charge in [0.15, 0.2) is 5.82 Å². The summed E-state index contributed by atoms with van der Waals surface area (Å²) in [5, 5.41) is 12.0. The Labute approximate surface area is 121 Å². The lowest BCUT2D eigenvalue weighted by Gasteiger charge is -2.22. The molecular formula is C14H17BrFN3. The average Bonchev–Trinajstić information content (AvgIpc) is 2.88. The van der Waals surface area contributed by atoms with E-state index in [2.05, 4.69) is 26.1 Å². The van der Waals surface area contributed by atoms with Crippen molar-refractivity contribution < 1.29 is 4.39 Å². The highest BCUT2D eigenvalue weighted by atomic mass is 79.9. The van der Waals surface area contributed by atoms with Crippen LogP contribution in [0.5, 0.6) is 0 Å². The van der Waals surface area contributed by atoms with Crippen LogP contribution in [0.3, 0.4) is 0 Å². The molecule has 0 aromatic heterocycles. The Morgan fingerprint density at radius 2 is 2.16 bits per heavy atom. The third-order valence-electron chi connectivity index (χ3n) is 3.34. The molecule has 0 bridgehead atoms. The maximum Gasteiger partial charge on any atom is 0.161 e. The van der Waals surface area contributed by atoms with Crippen molar-refractivity contribution in [2.45, 2.75) is 25.8 Å². The number of anilines is 1. The predicted octanol–water partition coefficient (Wildman–Crippen LogP) is 3.36. The van der Waals surface area contributed by atoms with E-state index in [1.54, 1.807) is 12.1 Å². The minimum atomic E-state index is -0.396. The second-order valence-electron chi connectivity index (χ2n) is 4.95. The number of benzene rings is 1. The lowest BCUT2D eigenvalue weighted by Crippen LogP contribution is -2.33. The molecule has 5 heteroatoms. The summed E-state index contributed by atoms with van der Waals surface area (Å²) in [7, 11) is 0. The van der Waals surface area contributed by atoms with Crippen LogP contribution in [-0.2, 0) is 0 Å². The molecule has 3 nitrogen and oxygen atoms in total. The van der Waals surface area contributed by atoms with Gasteiger partial charge in [0.1, 0.15) is 6.07 Å². The van der Waals surface area contributed by atoms with Gasteiger partial charge >= 0.3 is 0 Å². The Morgan fingerprint density at radius 3 is 2.79 bits per heavy atom. The average molecular weight is 326 g/mol. The van der Waals surface area contributed by atoms with E-state index in [0.29, 0.717) is 11.3 Å². The van der Waals surface area contributed by atoms with Crippen LogP contribution >= 0.6 is 15.9 Å². The van der Waals surface area contributed by atoms with Gasteiger partial charge in [-0.2, -0.15) is 5.26 Å². The minimum absolute atomic E-state index is 0.174. The standard InChI is InChI=1S/C14H17BrFN3/c1-10(9-19-6-2-3-7-19)18-12-5-4-11(8-17)13(15)14(12)16/h4-5,10,18H,2-3,6-7,9H2,1H3. The second-order valence-corrected chi connectivity index (χ2v) is 5.75. The monoisotopic (exact) mass is 325 g/mol. The SMILES string of the molecule is CC(CN1CCCC1)Nc1ccc(C#N)c(Br)c1F. The first-order valence-corrected chi connectivity index (χ1v) is 7.28. The molecule has 0 saturated carbocycles. The predicted molar refractivity (Wildman–Crippen MR) is 77.6 cm³/mol. The van der Waals surface area contributed by atoms with Crippen molar-refractivity contribution >= 4 is 21.6 Å². The molecule has 1 atom stereocenters. The number of hydrogen-bond acceptors (Lipinski definition) is 3. The van der Waals surface area contributed by atoms with E-state index in [0.717, 1.165) is 19.6 Å². The fourth-order valence-corrected chi connectivity index (χ4v) is 2.85. The van der Waals surface area contributed by atoms with Crippen LogP contribution in [-0.4, -0.2) is 30.6 Å². The number of halogens is 2. The molecule has 1 aromatic rings. The van der Waals surface area contributed by atoms with Gasteiger partial charge in [0.05, 0.1) is 15.7 Å². The van der Waals surface area contributed by atoms with Crippen LogP contribution < -0.4 is 5.32 Å². The summed E-state index contributed by atoms with van der Waals surface area (Å²) in [6, 6.07) is 5.37. The molecule has 1 unspecified atom stereocenters. The minimum Gasteiger partial charge on any atom is -0.379 e. The smallest absolute Gasteiger partial charge is 0.161 e. The highest BCUT2D eigenvalue weighted by molar-refractivity contribution is 9.10. The largest absolute Gasteiger partial charge is 0.379 e. The van der Waals surface area contributed by atoms with E-state index in [-0.39, 0.29) is 10.5 Å². The first kappa shape index (κ1) is 14.3. The molecule has 0 radical (unpaired) electrons. The zero-order valence-corrected chi connectivity index (χ0v) is 12.5. The highest BCUT2D eigenvalue weighted by Gasteiger charge is 2.17. The first-order chi connectivity index (χ1) is 9.11. The van der Waals surface area contributed by atoms with Gasteiger partial charge in [-0.3, -0.25) is 0 Å².